The summed E-state index contributed by atoms with van der Waals surface area (Å²) in [6, 6.07) is 0.414. The van der Waals surface area contributed by atoms with Crippen molar-refractivity contribution in [1.82, 2.24) is 4.90 Å². The molecule has 0 bridgehead atoms. The van der Waals surface area contributed by atoms with Gasteiger partial charge in [0.2, 0.25) is 0 Å². The van der Waals surface area contributed by atoms with Gasteiger partial charge in [-0.2, -0.15) is 0 Å². The van der Waals surface area contributed by atoms with Gasteiger partial charge in [0.15, 0.2) is 0 Å². The van der Waals surface area contributed by atoms with Crippen molar-refractivity contribution in [2.45, 2.75) is 38.3 Å². The predicted octanol–water partition coefficient (Wildman–Crippen LogP) is 0.443. The van der Waals surface area contributed by atoms with E-state index in [-0.39, 0.29) is 6.10 Å². The number of aliphatic hydroxyl groups excluding tert-OH is 1. The quantitative estimate of drug-likeness (QED) is 0.590. The molecule has 0 fully saturated rings. The summed E-state index contributed by atoms with van der Waals surface area (Å²) in [6.07, 6.45) is 2.65. The van der Waals surface area contributed by atoms with Crippen molar-refractivity contribution in [2.75, 3.05) is 33.9 Å². The maximum atomic E-state index is 9.21. The molecule has 0 rings (SSSR count). The number of ether oxygens (including phenoxy) is 1. The van der Waals surface area contributed by atoms with Crippen LogP contribution in [0.2, 0.25) is 0 Å². The second-order valence-electron chi connectivity index (χ2n) is 4.16. The molecule has 0 aromatic rings. The third-order valence-electron chi connectivity index (χ3n) is 2.62. The lowest BCUT2D eigenvalue weighted by atomic mass is 10.1. The molecule has 4 heteroatoms. The molecule has 0 spiro atoms. The fourth-order valence-corrected chi connectivity index (χ4v) is 1.55. The number of aliphatic hydroxyl groups is 1. The van der Waals surface area contributed by atoms with Crippen molar-refractivity contribution in [2.24, 2.45) is 5.73 Å². The Morgan fingerprint density at radius 2 is 2.07 bits per heavy atom. The number of methoxy groups -OCH3 is 1. The van der Waals surface area contributed by atoms with Crippen molar-refractivity contribution in [1.29, 1.82) is 0 Å². The molecule has 0 aliphatic heterocycles. The van der Waals surface area contributed by atoms with Crippen molar-refractivity contribution in [3.05, 3.63) is 0 Å². The van der Waals surface area contributed by atoms with Gasteiger partial charge in [-0.3, -0.25) is 0 Å². The van der Waals surface area contributed by atoms with Gasteiger partial charge >= 0.3 is 0 Å². The van der Waals surface area contributed by atoms with E-state index in [9.17, 15) is 5.11 Å². The zero-order chi connectivity index (χ0) is 11.7. The molecule has 2 unspecified atom stereocenters. The van der Waals surface area contributed by atoms with Gasteiger partial charge in [0.25, 0.3) is 0 Å². The number of hydrogen-bond acceptors (Lipinski definition) is 4. The smallest absolute Gasteiger partial charge is 0.0617 e. The lowest BCUT2D eigenvalue weighted by Gasteiger charge is -2.27. The largest absolute Gasteiger partial charge is 0.393 e. The minimum Gasteiger partial charge on any atom is -0.393 e. The number of nitrogens with zero attached hydrogens (tertiary/aromatic N) is 1. The van der Waals surface area contributed by atoms with E-state index in [2.05, 4.69) is 11.9 Å². The van der Waals surface area contributed by atoms with Crippen LogP contribution in [0.5, 0.6) is 0 Å². The summed E-state index contributed by atoms with van der Waals surface area (Å²) in [4.78, 5) is 2.24. The van der Waals surface area contributed by atoms with Gasteiger partial charge in [0, 0.05) is 19.7 Å². The minimum atomic E-state index is -0.231. The van der Waals surface area contributed by atoms with Crippen LogP contribution in [0.4, 0.5) is 0 Å². The van der Waals surface area contributed by atoms with Crippen molar-refractivity contribution >= 4 is 0 Å². The van der Waals surface area contributed by atoms with Gasteiger partial charge in [0.1, 0.15) is 0 Å². The zero-order valence-corrected chi connectivity index (χ0v) is 10.3. The van der Waals surface area contributed by atoms with E-state index < -0.39 is 0 Å². The zero-order valence-electron chi connectivity index (χ0n) is 10.3. The average molecular weight is 218 g/mol. The topological polar surface area (TPSA) is 58.7 Å². The molecule has 0 aromatic carbocycles. The number of hydrogen-bond donors (Lipinski definition) is 2. The number of likely N-dealkylation sites (N-methyl/N-ethyl adjacent to an activating group) is 1. The van der Waals surface area contributed by atoms with Crippen LogP contribution < -0.4 is 5.73 Å². The van der Waals surface area contributed by atoms with E-state index >= 15 is 0 Å². The van der Waals surface area contributed by atoms with Gasteiger partial charge in [-0.1, -0.05) is 0 Å². The molecule has 0 aliphatic carbocycles. The Kier molecular flexibility index (Phi) is 9.00. The molecular weight excluding hydrogens is 192 g/mol. The maximum Gasteiger partial charge on any atom is 0.0617 e. The molecule has 2 atom stereocenters. The van der Waals surface area contributed by atoms with Gasteiger partial charge in [-0.15, -0.1) is 0 Å². The van der Waals surface area contributed by atoms with E-state index in [1.165, 1.54) is 0 Å². The van der Waals surface area contributed by atoms with E-state index in [1.54, 1.807) is 7.11 Å². The standard InChI is InChI=1S/C11H26N2O2/c1-10(14)6-8-13(2)11(9-15-3)5-4-7-12/h10-11,14H,4-9,12H2,1-3H3. The highest BCUT2D eigenvalue weighted by molar-refractivity contribution is 4.69. The highest BCUT2D eigenvalue weighted by atomic mass is 16.5. The molecule has 15 heavy (non-hydrogen) atoms. The monoisotopic (exact) mass is 218 g/mol. The van der Waals surface area contributed by atoms with Crippen molar-refractivity contribution in [3.63, 3.8) is 0 Å². The first-order valence-corrected chi connectivity index (χ1v) is 5.69. The summed E-state index contributed by atoms with van der Waals surface area (Å²) < 4.78 is 5.18. The molecule has 0 heterocycles. The van der Waals surface area contributed by atoms with Gasteiger partial charge in [-0.05, 0) is 39.8 Å². The Labute approximate surface area is 93.4 Å². The van der Waals surface area contributed by atoms with Gasteiger partial charge in [0.05, 0.1) is 12.7 Å². The Bertz CT molecular complexity index is 143. The third kappa shape index (κ3) is 7.73. The molecule has 3 N–H and O–H groups in total. The lowest BCUT2D eigenvalue weighted by molar-refractivity contribution is 0.0870. The Balaban J connectivity index is 3.86. The van der Waals surface area contributed by atoms with E-state index in [0.29, 0.717) is 6.04 Å². The van der Waals surface area contributed by atoms with Gasteiger partial charge < -0.3 is 20.5 Å². The first-order chi connectivity index (χ1) is 7.11. The molecule has 0 aromatic heterocycles. The van der Waals surface area contributed by atoms with Crippen LogP contribution in [0.15, 0.2) is 0 Å². The number of nitrogens with two attached hydrogens (primary N) is 1. The minimum absolute atomic E-state index is 0.231. The summed E-state index contributed by atoms with van der Waals surface area (Å²) in [5.74, 6) is 0. The normalized spacial score (nSPS) is 15.6. The summed E-state index contributed by atoms with van der Waals surface area (Å²) in [6.45, 7) is 4.18. The molecule has 0 saturated carbocycles. The van der Waals surface area contributed by atoms with Crippen LogP contribution in [0.3, 0.4) is 0 Å². The molecule has 92 valence electrons. The lowest BCUT2D eigenvalue weighted by Crippen LogP contribution is -2.37. The van der Waals surface area contributed by atoms with E-state index in [4.69, 9.17) is 10.5 Å². The van der Waals surface area contributed by atoms with Gasteiger partial charge in [-0.25, -0.2) is 0 Å². The van der Waals surface area contributed by atoms with Crippen LogP contribution in [0, 0.1) is 0 Å². The third-order valence-corrected chi connectivity index (χ3v) is 2.62. The SMILES string of the molecule is COCC(CCCN)N(C)CCC(C)O. The van der Waals surface area contributed by atoms with Crippen LogP contribution in [-0.4, -0.2) is 56.0 Å². The van der Waals surface area contributed by atoms with E-state index in [1.807, 2.05) is 6.92 Å². The predicted molar refractivity (Wildman–Crippen MR) is 62.9 cm³/mol. The Morgan fingerprint density at radius 3 is 2.53 bits per heavy atom. The first kappa shape index (κ1) is 14.8. The first-order valence-electron chi connectivity index (χ1n) is 5.69. The highest BCUT2D eigenvalue weighted by Gasteiger charge is 2.14. The summed E-state index contributed by atoms with van der Waals surface area (Å²) >= 11 is 0. The van der Waals surface area contributed by atoms with Crippen LogP contribution in [0.25, 0.3) is 0 Å². The molecular formula is C11H26N2O2. The fraction of sp³-hybridized carbons (Fsp3) is 1.00. The molecule has 0 radical (unpaired) electrons. The molecule has 0 aliphatic rings. The summed E-state index contributed by atoms with van der Waals surface area (Å²) in [7, 11) is 3.79. The Morgan fingerprint density at radius 1 is 1.40 bits per heavy atom. The van der Waals surface area contributed by atoms with Crippen LogP contribution >= 0.6 is 0 Å². The molecule has 0 saturated heterocycles. The second kappa shape index (κ2) is 9.09. The Hall–Kier alpha value is -0.160. The maximum absolute atomic E-state index is 9.21. The van der Waals surface area contributed by atoms with Crippen LogP contribution in [0.1, 0.15) is 26.2 Å². The van der Waals surface area contributed by atoms with Crippen molar-refractivity contribution < 1.29 is 9.84 Å². The highest BCUT2D eigenvalue weighted by Crippen LogP contribution is 2.06. The van der Waals surface area contributed by atoms with Crippen LogP contribution in [-0.2, 0) is 4.74 Å². The molecule has 4 nitrogen and oxygen atoms in total. The van der Waals surface area contributed by atoms with E-state index in [0.717, 1.165) is 39.0 Å². The fourth-order valence-electron chi connectivity index (χ4n) is 1.55. The summed E-state index contributed by atoms with van der Waals surface area (Å²) in [5.41, 5.74) is 5.50. The van der Waals surface area contributed by atoms with Crippen molar-refractivity contribution in [3.8, 4) is 0 Å². The summed E-state index contributed by atoms with van der Waals surface area (Å²) in [5, 5.41) is 9.21. The molecule has 0 amide bonds. The number of rotatable bonds is 9. The second-order valence-corrected chi connectivity index (χ2v) is 4.16. The average Bonchev–Trinajstić information content (AvgIpc) is 2.20.